The predicted octanol–water partition coefficient (Wildman–Crippen LogP) is 4.30. The molecular weight excluding hydrogens is 610 g/mol. The molecule has 48 heavy (non-hydrogen) atoms. The monoisotopic (exact) mass is 645 g/mol. The van der Waals surface area contributed by atoms with Crippen molar-refractivity contribution in [3.8, 4) is 28.7 Å². The number of aryl methyl sites for hydroxylation is 3. The van der Waals surface area contributed by atoms with Gasteiger partial charge >= 0.3 is 6.01 Å². The van der Waals surface area contributed by atoms with Gasteiger partial charge in [0.25, 0.3) is 0 Å². The number of methoxy groups -OCH3 is 1. The van der Waals surface area contributed by atoms with Gasteiger partial charge in [-0.1, -0.05) is 35.0 Å². The lowest BCUT2D eigenvalue weighted by Gasteiger charge is -2.23. The molecule has 0 radical (unpaired) electrons. The topological polar surface area (TPSA) is 155 Å². The summed E-state index contributed by atoms with van der Waals surface area (Å²) in [6, 6.07) is 16.4. The molecule has 0 saturated heterocycles. The largest absolute Gasteiger partial charge is 0.467 e. The van der Waals surface area contributed by atoms with Crippen molar-refractivity contribution >= 4 is 17.4 Å². The fraction of sp³-hybridized carbons (Fsp3) is 0.294. The van der Waals surface area contributed by atoms with E-state index in [4.69, 9.17) is 9.15 Å². The summed E-state index contributed by atoms with van der Waals surface area (Å²) in [5.74, 6) is 2.70. The van der Waals surface area contributed by atoms with Crippen molar-refractivity contribution in [1.29, 1.82) is 0 Å². The van der Waals surface area contributed by atoms with Crippen LogP contribution in [0.15, 0.2) is 71.7 Å². The highest BCUT2D eigenvalue weighted by Crippen LogP contribution is 2.30. The maximum absolute atomic E-state index is 13.3. The number of carbonyl (C=O) groups is 1. The van der Waals surface area contributed by atoms with E-state index in [0.29, 0.717) is 49.2 Å². The smallest absolute Gasteiger partial charge is 0.318 e. The summed E-state index contributed by atoms with van der Waals surface area (Å²) in [4.78, 5) is 28.2. The molecule has 4 aromatic heterocycles. The van der Waals surface area contributed by atoms with Crippen LogP contribution in [0, 0.1) is 19.8 Å². The number of rotatable bonds is 10. The first kappa shape index (κ1) is 30.7. The molecule has 0 fully saturated rings. The molecule has 14 nitrogen and oxygen atoms in total. The van der Waals surface area contributed by atoms with Gasteiger partial charge in [0.1, 0.15) is 28.8 Å². The van der Waals surface area contributed by atoms with E-state index < -0.39 is 0 Å². The molecule has 5 heterocycles. The number of hydrogen-bond acceptors (Lipinski definition) is 11. The van der Waals surface area contributed by atoms with Gasteiger partial charge in [0, 0.05) is 43.0 Å². The maximum Gasteiger partial charge on any atom is 0.318 e. The molecule has 0 bridgehead atoms. The minimum atomic E-state index is -0.212. The molecule has 244 valence electrons. The Morgan fingerprint density at radius 1 is 1.10 bits per heavy atom. The SMILES string of the molecule is COc1nccc(N(C)c2ccc(C)c(-c3cn(Cc4ncoc4CNC(=O)C4CCc5nnc(-c6cccc(C)c6)n5C4)nn3)c2)n1. The molecule has 7 rings (SSSR count). The van der Waals surface area contributed by atoms with Gasteiger partial charge < -0.3 is 23.9 Å². The second-order valence-corrected chi connectivity index (χ2v) is 11.9. The third kappa shape index (κ3) is 6.24. The molecule has 1 unspecified atom stereocenters. The number of nitrogens with one attached hydrogen (secondary N) is 1. The van der Waals surface area contributed by atoms with Gasteiger partial charge in [-0.25, -0.2) is 14.6 Å². The van der Waals surface area contributed by atoms with Crippen LogP contribution in [0.3, 0.4) is 0 Å². The highest BCUT2D eigenvalue weighted by Gasteiger charge is 2.28. The van der Waals surface area contributed by atoms with Crippen LogP contribution in [-0.4, -0.2) is 64.8 Å². The summed E-state index contributed by atoms with van der Waals surface area (Å²) in [7, 11) is 3.47. The third-order valence-electron chi connectivity index (χ3n) is 8.62. The highest BCUT2D eigenvalue weighted by molar-refractivity contribution is 5.79. The van der Waals surface area contributed by atoms with Crippen molar-refractivity contribution in [2.24, 2.45) is 5.92 Å². The summed E-state index contributed by atoms with van der Waals surface area (Å²) in [5, 5.41) is 20.7. The van der Waals surface area contributed by atoms with Crippen LogP contribution in [-0.2, 0) is 30.8 Å². The predicted molar refractivity (Wildman–Crippen MR) is 176 cm³/mol. The van der Waals surface area contributed by atoms with Crippen LogP contribution < -0.4 is 15.0 Å². The Kier molecular flexibility index (Phi) is 8.36. The lowest BCUT2D eigenvalue weighted by molar-refractivity contribution is -0.126. The fourth-order valence-electron chi connectivity index (χ4n) is 5.91. The van der Waals surface area contributed by atoms with Gasteiger partial charge in [-0.15, -0.1) is 15.3 Å². The molecule has 1 N–H and O–H groups in total. The van der Waals surface area contributed by atoms with E-state index in [1.165, 1.54) is 6.39 Å². The number of amides is 1. The van der Waals surface area contributed by atoms with Crippen LogP contribution in [0.5, 0.6) is 6.01 Å². The number of aromatic nitrogens is 9. The van der Waals surface area contributed by atoms with Gasteiger partial charge in [0.15, 0.2) is 12.2 Å². The van der Waals surface area contributed by atoms with Gasteiger partial charge in [-0.2, -0.15) is 4.98 Å². The van der Waals surface area contributed by atoms with E-state index in [9.17, 15) is 4.79 Å². The Hall–Kier alpha value is -5.92. The summed E-state index contributed by atoms with van der Waals surface area (Å²) < 4.78 is 14.6. The van der Waals surface area contributed by atoms with E-state index in [1.54, 1.807) is 18.0 Å². The number of anilines is 2. The lowest BCUT2D eigenvalue weighted by Crippen LogP contribution is -2.36. The Balaban J connectivity index is 1.00. The van der Waals surface area contributed by atoms with E-state index in [-0.39, 0.29) is 18.4 Å². The van der Waals surface area contributed by atoms with Crippen LogP contribution in [0.25, 0.3) is 22.6 Å². The number of ether oxygens (including phenoxy) is 1. The van der Waals surface area contributed by atoms with Crippen LogP contribution in [0.1, 0.15) is 34.8 Å². The number of hydrogen-bond donors (Lipinski definition) is 1. The van der Waals surface area contributed by atoms with Crippen molar-refractivity contribution in [1.82, 2.24) is 50.0 Å². The number of nitrogens with zero attached hydrogens (tertiary/aromatic N) is 10. The molecule has 14 heteroatoms. The molecule has 1 atom stereocenters. The van der Waals surface area contributed by atoms with Gasteiger partial charge in [0.2, 0.25) is 5.91 Å². The molecule has 0 aliphatic carbocycles. The molecule has 0 saturated carbocycles. The molecule has 2 aromatic carbocycles. The summed E-state index contributed by atoms with van der Waals surface area (Å²) in [6.45, 7) is 5.15. The zero-order valence-electron chi connectivity index (χ0n) is 27.2. The number of oxazole rings is 1. The van der Waals surface area contributed by atoms with Crippen molar-refractivity contribution < 1.29 is 13.9 Å². The zero-order valence-corrected chi connectivity index (χ0v) is 27.2. The molecule has 1 aliphatic heterocycles. The summed E-state index contributed by atoms with van der Waals surface area (Å²) >= 11 is 0. The average molecular weight is 646 g/mol. The molecule has 6 aromatic rings. The van der Waals surface area contributed by atoms with Gasteiger partial charge in [-0.05, 0) is 50.1 Å². The first-order chi connectivity index (χ1) is 23.4. The van der Waals surface area contributed by atoms with Crippen molar-refractivity contribution in [3.63, 3.8) is 0 Å². The first-order valence-electron chi connectivity index (χ1n) is 15.7. The average Bonchev–Trinajstić information content (AvgIpc) is 3.87. The van der Waals surface area contributed by atoms with Crippen molar-refractivity contribution in [3.05, 3.63) is 95.7 Å². The standard InChI is InChI=1S/C34H35N11O3/c1-21-6-5-7-23(14-21)32-41-40-31-11-9-24(17-45(31)32)33(46)36-16-29-28(37-20-48-29)19-44-18-27(39-42-44)26-15-25(10-8-22(26)2)43(3)30-12-13-35-34(38-30)47-4/h5-8,10,12-15,18,20,24H,9,11,16-17,19H2,1-4H3,(H,36,46). The fourth-order valence-corrected chi connectivity index (χ4v) is 5.91. The Labute approximate surface area is 276 Å². The quantitative estimate of drug-likeness (QED) is 0.227. The van der Waals surface area contributed by atoms with Crippen LogP contribution >= 0.6 is 0 Å². The maximum atomic E-state index is 13.3. The Morgan fingerprint density at radius 2 is 2.00 bits per heavy atom. The zero-order chi connectivity index (χ0) is 33.2. The van der Waals surface area contributed by atoms with Crippen LogP contribution in [0.2, 0.25) is 0 Å². The molecule has 1 amide bonds. The number of carbonyl (C=O) groups excluding carboxylic acids is 1. The van der Waals surface area contributed by atoms with Crippen LogP contribution in [0.4, 0.5) is 11.5 Å². The normalized spacial score (nSPS) is 14.0. The summed E-state index contributed by atoms with van der Waals surface area (Å²) in [5.41, 5.74) is 6.44. The van der Waals surface area contributed by atoms with E-state index in [0.717, 1.165) is 45.3 Å². The van der Waals surface area contributed by atoms with Crippen molar-refractivity contribution in [2.45, 2.75) is 46.3 Å². The summed E-state index contributed by atoms with van der Waals surface area (Å²) in [6.07, 6.45) is 6.31. The van der Waals surface area contributed by atoms with E-state index in [1.807, 2.05) is 74.5 Å². The molecule has 0 spiro atoms. The highest BCUT2D eigenvalue weighted by atomic mass is 16.5. The minimum Gasteiger partial charge on any atom is -0.467 e. The molecular formula is C34H35N11O3. The van der Waals surface area contributed by atoms with Gasteiger partial charge in [-0.3, -0.25) is 4.79 Å². The lowest BCUT2D eigenvalue weighted by atomic mass is 9.98. The minimum absolute atomic E-state index is 0.0457. The van der Waals surface area contributed by atoms with Crippen molar-refractivity contribution in [2.75, 3.05) is 19.1 Å². The number of fused-ring (bicyclic) bond motifs is 1. The van der Waals surface area contributed by atoms with E-state index >= 15 is 0 Å². The van der Waals surface area contributed by atoms with Gasteiger partial charge in [0.05, 0.1) is 32.3 Å². The number of benzene rings is 2. The molecule has 1 aliphatic rings. The van der Waals surface area contributed by atoms with E-state index in [2.05, 4.69) is 51.4 Å². The Bertz CT molecular complexity index is 2080. The second-order valence-electron chi connectivity index (χ2n) is 11.9. The third-order valence-corrected chi connectivity index (χ3v) is 8.62. The first-order valence-corrected chi connectivity index (χ1v) is 15.7. The Morgan fingerprint density at radius 3 is 2.85 bits per heavy atom. The second kappa shape index (κ2) is 13.1.